The molecule has 0 fully saturated rings. The van der Waals surface area contributed by atoms with Crippen molar-refractivity contribution in [1.82, 2.24) is 0 Å². The van der Waals surface area contributed by atoms with E-state index in [0.29, 0.717) is 11.4 Å². The molecule has 18 heavy (non-hydrogen) atoms. The summed E-state index contributed by atoms with van der Waals surface area (Å²) in [4.78, 5) is 11.7. The van der Waals surface area contributed by atoms with Crippen molar-refractivity contribution in [1.29, 1.82) is 0 Å². The molecular formula is C12H15Cl2NO2S. The third kappa shape index (κ3) is 4.96. The molecule has 0 aliphatic rings. The van der Waals surface area contributed by atoms with Gasteiger partial charge in [-0.15, -0.1) is 11.8 Å². The minimum Gasteiger partial charge on any atom is -0.505 e. The molecule has 0 spiro atoms. The van der Waals surface area contributed by atoms with Gasteiger partial charge in [-0.2, -0.15) is 0 Å². The lowest BCUT2D eigenvalue weighted by molar-refractivity contribution is -0.113. The van der Waals surface area contributed by atoms with E-state index < -0.39 is 0 Å². The number of amides is 1. The molecule has 2 N–H and O–H groups in total. The van der Waals surface area contributed by atoms with E-state index >= 15 is 0 Å². The van der Waals surface area contributed by atoms with E-state index in [-0.39, 0.29) is 26.4 Å². The third-order valence-corrected chi connectivity index (χ3v) is 3.79. The second-order valence-corrected chi connectivity index (χ2v) is 7.35. The number of aromatic hydroxyl groups is 1. The summed E-state index contributed by atoms with van der Waals surface area (Å²) in [5.41, 5.74) is 0.474. The Kier molecular flexibility index (Phi) is 5.20. The summed E-state index contributed by atoms with van der Waals surface area (Å²) in [6, 6.07) is 2.92. The molecular weight excluding hydrogens is 293 g/mol. The van der Waals surface area contributed by atoms with Crippen molar-refractivity contribution in [2.75, 3.05) is 11.1 Å². The Morgan fingerprint density at radius 3 is 2.28 bits per heavy atom. The quantitative estimate of drug-likeness (QED) is 0.824. The molecule has 0 aromatic heterocycles. The molecule has 0 aliphatic heterocycles. The van der Waals surface area contributed by atoms with Gasteiger partial charge in [-0.1, -0.05) is 44.0 Å². The Morgan fingerprint density at radius 1 is 1.33 bits per heavy atom. The van der Waals surface area contributed by atoms with Gasteiger partial charge in [-0.05, 0) is 12.1 Å². The van der Waals surface area contributed by atoms with Crippen LogP contribution in [0, 0.1) is 0 Å². The average Bonchev–Trinajstić information content (AvgIpc) is 2.22. The lowest BCUT2D eigenvalue weighted by atomic mass is 10.3. The molecule has 0 unspecified atom stereocenters. The number of anilines is 1. The first-order chi connectivity index (χ1) is 8.19. The van der Waals surface area contributed by atoms with Crippen LogP contribution in [0.1, 0.15) is 20.8 Å². The van der Waals surface area contributed by atoms with E-state index in [2.05, 4.69) is 5.32 Å². The van der Waals surface area contributed by atoms with Gasteiger partial charge in [-0.3, -0.25) is 4.79 Å². The van der Waals surface area contributed by atoms with Gasteiger partial charge < -0.3 is 10.4 Å². The van der Waals surface area contributed by atoms with Gasteiger partial charge >= 0.3 is 0 Å². The van der Waals surface area contributed by atoms with Gasteiger partial charge in [0.25, 0.3) is 0 Å². The maximum Gasteiger partial charge on any atom is 0.234 e. The SMILES string of the molecule is CC(C)(C)SCC(=O)Nc1cc(Cl)c(O)c(Cl)c1. The molecule has 1 rings (SSSR count). The highest BCUT2D eigenvalue weighted by Gasteiger charge is 2.14. The van der Waals surface area contributed by atoms with Crippen molar-refractivity contribution in [3.8, 4) is 5.75 Å². The zero-order valence-electron chi connectivity index (χ0n) is 10.4. The Balaban J connectivity index is 2.65. The second-order valence-electron chi connectivity index (χ2n) is 4.74. The standard InChI is InChI=1S/C12H15Cl2NO2S/c1-12(2,3)18-6-10(16)15-7-4-8(13)11(17)9(14)5-7/h4-5,17H,6H2,1-3H3,(H,15,16). The van der Waals surface area contributed by atoms with E-state index in [1.54, 1.807) is 11.8 Å². The summed E-state index contributed by atoms with van der Waals surface area (Å²) in [7, 11) is 0. The van der Waals surface area contributed by atoms with Gasteiger partial charge in [-0.25, -0.2) is 0 Å². The van der Waals surface area contributed by atoms with Gasteiger partial charge in [0.1, 0.15) is 0 Å². The molecule has 1 aromatic rings. The van der Waals surface area contributed by atoms with Gasteiger partial charge in [0.05, 0.1) is 15.8 Å². The van der Waals surface area contributed by atoms with E-state index in [1.807, 2.05) is 20.8 Å². The fraction of sp³-hybridized carbons (Fsp3) is 0.417. The molecule has 1 aromatic carbocycles. The number of nitrogens with one attached hydrogen (secondary N) is 1. The van der Waals surface area contributed by atoms with Crippen LogP contribution in [0.2, 0.25) is 10.0 Å². The fourth-order valence-corrected chi connectivity index (χ4v) is 2.24. The molecule has 0 radical (unpaired) electrons. The molecule has 0 heterocycles. The predicted molar refractivity (Wildman–Crippen MR) is 79.0 cm³/mol. The number of hydrogen-bond donors (Lipinski definition) is 2. The number of phenols is 1. The number of carbonyl (C=O) groups excluding carboxylic acids is 1. The van der Waals surface area contributed by atoms with Crippen molar-refractivity contribution in [3.63, 3.8) is 0 Å². The summed E-state index contributed by atoms with van der Waals surface area (Å²) >= 11 is 13.1. The highest BCUT2D eigenvalue weighted by molar-refractivity contribution is 8.01. The monoisotopic (exact) mass is 307 g/mol. The van der Waals surface area contributed by atoms with E-state index in [1.165, 1.54) is 12.1 Å². The number of thioether (sulfide) groups is 1. The maximum atomic E-state index is 11.7. The summed E-state index contributed by atoms with van der Waals surface area (Å²) in [5.74, 6) is 0.0349. The first kappa shape index (κ1) is 15.5. The number of phenolic OH excluding ortho intramolecular Hbond substituents is 1. The summed E-state index contributed by atoms with van der Waals surface area (Å²) in [6.45, 7) is 6.12. The first-order valence-corrected chi connectivity index (χ1v) is 7.05. The zero-order chi connectivity index (χ0) is 13.9. The van der Waals surface area contributed by atoms with Crippen molar-refractivity contribution in [2.45, 2.75) is 25.5 Å². The van der Waals surface area contributed by atoms with Crippen molar-refractivity contribution in [2.24, 2.45) is 0 Å². The topological polar surface area (TPSA) is 49.3 Å². The van der Waals surface area contributed by atoms with Crippen LogP contribution in [0.25, 0.3) is 0 Å². The first-order valence-electron chi connectivity index (χ1n) is 5.31. The zero-order valence-corrected chi connectivity index (χ0v) is 12.7. The van der Waals surface area contributed by atoms with Crippen LogP contribution in [0.15, 0.2) is 12.1 Å². The maximum absolute atomic E-state index is 11.7. The van der Waals surface area contributed by atoms with Crippen molar-refractivity contribution < 1.29 is 9.90 Å². The number of hydrogen-bond acceptors (Lipinski definition) is 3. The average molecular weight is 308 g/mol. The summed E-state index contributed by atoms with van der Waals surface area (Å²) in [6.07, 6.45) is 0. The number of benzene rings is 1. The molecule has 0 saturated heterocycles. The molecule has 0 saturated carbocycles. The molecule has 0 bridgehead atoms. The molecule has 0 aliphatic carbocycles. The Morgan fingerprint density at radius 2 is 1.83 bits per heavy atom. The van der Waals surface area contributed by atoms with E-state index in [4.69, 9.17) is 23.2 Å². The highest BCUT2D eigenvalue weighted by atomic mass is 35.5. The van der Waals surface area contributed by atoms with Crippen LogP contribution < -0.4 is 5.32 Å². The number of rotatable bonds is 3. The summed E-state index contributed by atoms with van der Waals surface area (Å²) < 4.78 is 0.0294. The van der Waals surface area contributed by atoms with Crippen LogP contribution in [0.3, 0.4) is 0 Å². The molecule has 0 atom stereocenters. The number of carbonyl (C=O) groups is 1. The number of halogens is 2. The lowest BCUT2D eigenvalue weighted by Gasteiger charge is -2.17. The lowest BCUT2D eigenvalue weighted by Crippen LogP contribution is -2.18. The van der Waals surface area contributed by atoms with Crippen molar-refractivity contribution in [3.05, 3.63) is 22.2 Å². The highest BCUT2D eigenvalue weighted by Crippen LogP contribution is 2.34. The van der Waals surface area contributed by atoms with Crippen LogP contribution in [0.5, 0.6) is 5.75 Å². The van der Waals surface area contributed by atoms with Crippen molar-refractivity contribution >= 4 is 46.6 Å². The van der Waals surface area contributed by atoms with Crippen LogP contribution >= 0.6 is 35.0 Å². The molecule has 100 valence electrons. The second kappa shape index (κ2) is 6.04. The molecule has 6 heteroatoms. The van der Waals surface area contributed by atoms with Gasteiger partial charge in [0.15, 0.2) is 5.75 Å². The summed E-state index contributed by atoms with van der Waals surface area (Å²) in [5, 5.41) is 12.3. The van der Waals surface area contributed by atoms with Gasteiger partial charge in [0, 0.05) is 10.4 Å². The van der Waals surface area contributed by atoms with Crippen LogP contribution in [0.4, 0.5) is 5.69 Å². The van der Waals surface area contributed by atoms with E-state index in [0.717, 1.165) is 0 Å². The van der Waals surface area contributed by atoms with Crippen LogP contribution in [-0.4, -0.2) is 21.5 Å². The Bertz CT molecular complexity index is 435. The normalized spacial score (nSPS) is 11.4. The third-order valence-electron chi connectivity index (χ3n) is 1.94. The fourth-order valence-electron chi connectivity index (χ4n) is 1.12. The van der Waals surface area contributed by atoms with Crippen LogP contribution in [-0.2, 0) is 4.79 Å². The largest absolute Gasteiger partial charge is 0.505 e. The Labute approximate surface area is 121 Å². The molecule has 1 amide bonds. The smallest absolute Gasteiger partial charge is 0.234 e. The minimum atomic E-state index is -0.180. The predicted octanol–water partition coefficient (Wildman–Crippen LogP) is 4.17. The van der Waals surface area contributed by atoms with Gasteiger partial charge in [0.2, 0.25) is 5.91 Å². The minimum absolute atomic E-state index is 0.0294. The van der Waals surface area contributed by atoms with E-state index in [9.17, 15) is 9.90 Å². The Hall–Kier alpha value is -0.580. The molecule has 3 nitrogen and oxygen atoms in total.